The van der Waals surface area contributed by atoms with E-state index in [0.29, 0.717) is 11.6 Å². The van der Waals surface area contributed by atoms with Gasteiger partial charge in [0.05, 0.1) is 15.6 Å². The molecular weight excluding hydrogens is 581 g/mol. The van der Waals surface area contributed by atoms with Gasteiger partial charge in [0.25, 0.3) is 10.0 Å². The number of hydrogen-bond acceptors (Lipinski definition) is 4. The van der Waals surface area contributed by atoms with Gasteiger partial charge in [0.2, 0.25) is 11.8 Å². The average molecular weight is 611 g/mol. The molecule has 2 amide bonds. The third-order valence-electron chi connectivity index (χ3n) is 6.05. The molecule has 3 rings (SSSR count). The molecule has 0 aromatic heterocycles. The Balaban J connectivity index is 2.05. The highest BCUT2D eigenvalue weighted by atomic mass is 35.5. The lowest BCUT2D eigenvalue weighted by Crippen LogP contribution is -2.51. The van der Waals surface area contributed by atoms with Crippen molar-refractivity contribution in [2.75, 3.05) is 17.4 Å². The molecule has 0 aliphatic heterocycles. The number of benzene rings is 3. The van der Waals surface area contributed by atoms with Gasteiger partial charge in [0, 0.05) is 23.1 Å². The molecule has 208 valence electrons. The maximum Gasteiger partial charge on any atom is 0.264 e. The van der Waals surface area contributed by atoms with Crippen molar-refractivity contribution < 1.29 is 18.0 Å². The maximum atomic E-state index is 13.9. The number of amides is 2. The molecule has 0 saturated heterocycles. The molecule has 7 nitrogen and oxygen atoms in total. The largest absolute Gasteiger partial charge is 0.354 e. The number of halogens is 3. The molecule has 3 aromatic carbocycles. The summed E-state index contributed by atoms with van der Waals surface area (Å²) in [4.78, 5) is 28.1. The van der Waals surface area contributed by atoms with E-state index in [4.69, 9.17) is 34.8 Å². The second kappa shape index (κ2) is 13.5. The van der Waals surface area contributed by atoms with Crippen LogP contribution in [0, 0.1) is 6.92 Å². The first-order valence-electron chi connectivity index (χ1n) is 12.3. The molecule has 0 aliphatic rings. The van der Waals surface area contributed by atoms with Crippen LogP contribution in [-0.2, 0) is 26.2 Å². The molecule has 0 radical (unpaired) electrons. The van der Waals surface area contributed by atoms with Crippen molar-refractivity contribution >= 4 is 62.3 Å². The van der Waals surface area contributed by atoms with E-state index in [1.165, 1.54) is 35.2 Å². The van der Waals surface area contributed by atoms with E-state index in [9.17, 15) is 18.0 Å². The van der Waals surface area contributed by atoms with Crippen molar-refractivity contribution in [3.8, 4) is 0 Å². The molecule has 0 spiro atoms. The molecule has 3 aromatic rings. The molecule has 39 heavy (non-hydrogen) atoms. The van der Waals surface area contributed by atoms with E-state index < -0.39 is 28.5 Å². The lowest BCUT2D eigenvalue weighted by molar-refractivity contribution is -0.139. The number of hydrogen-bond donors (Lipinski definition) is 1. The molecule has 0 heterocycles. The van der Waals surface area contributed by atoms with Gasteiger partial charge in [-0.25, -0.2) is 8.42 Å². The summed E-state index contributed by atoms with van der Waals surface area (Å²) in [6, 6.07) is 16.6. The van der Waals surface area contributed by atoms with Gasteiger partial charge in [0.1, 0.15) is 12.6 Å². The van der Waals surface area contributed by atoms with Gasteiger partial charge in [-0.1, -0.05) is 71.6 Å². The Hall–Kier alpha value is -2.78. The van der Waals surface area contributed by atoms with Crippen LogP contribution in [0.3, 0.4) is 0 Å². The zero-order valence-electron chi connectivity index (χ0n) is 21.8. The van der Waals surface area contributed by atoms with Gasteiger partial charge in [-0.3, -0.25) is 13.9 Å². The van der Waals surface area contributed by atoms with Crippen molar-refractivity contribution in [3.63, 3.8) is 0 Å². The summed E-state index contributed by atoms with van der Waals surface area (Å²) in [6.07, 6.45) is 0.722. The predicted octanol–water partition coefficient (Wildman–Crippen LogP) is 6.09. The average Bonchev–Trinajstić information content (AvgIpc) is 2.91. The fraction of sp³-hybridized carbons (Fsp3) is 0.286. The van der Waals surface area contributed by atoms with Crippen LogP contribution in [0.25, 0.3) is 0 Å². The number of anilines is 1. The second-order valence-corrected chi connectivity index (χ2v) is 12.2. The van der Waals surface area contributed by atoms with Crippen LogP contribution >= 0.6 is 34.8 Å². The number of rotatable bonds is 11. The van der Waals surface area contributed by atoms with Crippen LogP contribution in [0.1, 0.15) is 31.4 Å². The number of nitrogens with zero attached hydrogens (tertiary/aromatic N) is 2. The molecule has 11 heteroatoms. The lowest BCUT2D eigenvalue weighted by atomic mass is 10.1. The first-order valence-corrected chi connectivity index (χ1v) is 14.9. The van der Waals surface area contributed by atoms with Gasteiger partial charge in [0.15, 0.2) is 0 Å². The van der Waals surface area contributed by atoms with Gasteiger partial charge < -0.3 is 10.2 Å². The normalized spacial score (nSPS) is 12.1. The van der Waals surface area contributed by atoms with Crippen LogP contribution in [0.15, 0.2) is 71.6 Å². The van der Waals surface area contributed by atoms with E-state index >= 15 is 0 Å². The number of aryl methyl sites for hydroxylation is 1. The van der Waals surface area contributed by atoms with Crippen LogP contribution < -0.4 is 9.62 Å². The fourth-order valence-corrected chi connectivity index (χ4v) is 5.78. The molecule has 0 unspecified atom stereocenters. The van der Waals surface area contributed by atoms with Crippen LogP contribution in [0.5, 0.6) is 0 Å². The maximum absolute atomic E-state index is 13.9. The highest BCUT2D eigenvalue weighted by Crippen LogP contribution is 2.33. The summed E-state index contributed by atoms with van der Waals surface area (Å²) in [5.74, 6) is -0.955. The SMILES string of the molecule is CCCNC(=O)[C@H](C)N(Cc1ccc(Cl)cc1)C(=O)CN(c1cc(Cl)ccc1Cl)S(=O)(=O)c1ccc(C)cc1. The van der Waals surface area contributed by atoms with Gasteiger partial charge in [-0.15, -0.1) is 0 Å². The van der Waals surface area contributed by atoms with Gasteiger partial charge in [-0.2, -0.15) is 0 Å². The van der Waals surface area contributed by atoms with Crippen LogP contribution in [0.4, 0.5) is 5.69 Å². The Morgan fingerprint density at radius 1 is 0.923 bits per heavy atom. The Bertz CT molecular complexity index is 1410. The van der Waals surface area contributed by atoms with E-state index in [2.05, 4.69) is 5.32 Å². The van der Waals surface area contributed by atoms with Crippen LogP contribution in [0.2, 0.25) is 15.1 Å². The van der Waals surface area contributed by atoms with E-state index in [1.54, 1.807) is 43.3 Å². The molecule has 0 fully saturated rings. The predicted molar refractivity (Wildman–Crippen MR) is 157 cm³/mol. The van der Waals surface area contributed by atoms with Crippen molar-refractivity contribution in [3.05, 3.63) is 92.9 Å². The summed E-state index contributed by atoms with van der Waals surface area (Å²) < 4.78 is 28.7. The zero-order valence-corrected chi connectivity index (χ0v) is 24.9. The van der Waals surface area contributed by atoms with E-state index in [1.807, 2.05) is 13.8 Å². The lowest BCUT2D eigenvalue weighted by Gasteiger charge is -2.32. The van der Waals surface area contributed by atoms with Crippen LogP contribution in [-0.4, -0.2) is 44.3 Å². The molecule has 1 N–H and O–H groups in total. The summed E-state index contributed by atoms with van der Waals surface area (Å²) in [7, 11) is -4.25. The monoisotopic (exact) mass is 609 g/mol. The minimum atomic E-state index is -4.25. The number of carbonyl (C=O) groups excluding carboxylic acids is 2. The second-order valence-electron chi connectivity index (χ2n) is 9.04. The molecule has 0 bridgehead atoms. The quantitative estimate of drug-likeness (QED) is 0.285. The zero-order chi connectivity index (χ0) is 28.7. The standard InChI is InChI=1S/C28H30Cl3N3O4S/c1-4-15-32-28(36)20(3)33(17-21-7-9-22(29)10-8-21)27(35)18-34(26-16-23(30)11-14-25(26)31)39(37,38)24-12-5-19(2)6-13-24/h5-14,16,20H,4,15,17-18H2,1-3H3,(H,32,36)/t20-/m0/s1. The molecule has 0 saturated carbocycles. The van der Waals surface area contributed by atoms with E-state index in [0.717, 1.165) is 21.9 Å². The number of nitrogens with one attached hydrogen (secondary N) is 1. The third kappa shape index (κ3) is 7.88. The number of sulfonamides is 1. The van der Waals surface area contributed by atoms with Crippen molar-refractivity contribution in [1.82, 2.24) is 10.2 Å². The Kier molecular flexibility index (Phi) is 10.7. The Morgan fingerprint density at radius 3 is 2.15 bits per heavy atom. The summed E-state index contributed by atoms with van der Waals surface area (Å²) in [5, 5.41) is 3.67. The van der Waals surface area contributed by atoms with Crippen molar-refractivity contribution in [2.24, 2.45) is 0 Å². The summed E-state index contributed by atoms with van der Waals surface area (Å²) in [6.45, 7) is 5.24. The smallest absolute Gasteiger partial charge is 0.264 e. The summed E-state index contributed by atoms with van der Waals surface area (Å²) in [5.41, 5.74) is 1.64. The highest BCUT2D eigenvalue weighted by molar-refractivity contribution is 7.92. The highest BCUT2D eigenvalue weighted by Gasteiger charge is 2.33. The molecule has 1 atom stereocenters. The van der Waals surface area contributed by atoms with Crippen molar-refractivity contribution in [1.29, 1.82) is 0 Å². The minimum Gasteiger partial charge on any atom is -0.354 e. The molecule has 0 aliphatic carbocycles. The fourth-order valence-electron chi connectivity index (χ4n) is 3.79. The summed E-state index contributed by atoms with van der Waals surface area (Å²) >= 11 is 18.6. The van der Waals surface area contributed by atoms with Gasteiger partial charge in [-0.05, 0) is 68.3 Å². The minimum absolute atomic E-state index is 0.0186. The van der Waals surface area contributed by atoms with Gasteiger partial charge >= 0.3 is 0 Å². The number of carbonyl (C=O) groups is 2. The third-order valence-corrected chi connectivity index (χ3v) is 8.63. The van der Waals surface area contributed by atoms with E-state index in [-0.39, 0.29) is 33.1 Å². The van der Waals surface area contributed by atoms with Crippen molar-refractivity contribution in [2.45, 2.75) is 44.7 Å². The molecular formula is C28H30Cl3N3O4S. The topological polar surface area (TPSA) is 86.8 Å². The first-order chi connectivity index (χ1) is 18.4. The Morgan fingerprint density at radius 2 is 1.54 bits per heavy atom. The Labute approximate surface area is 244 Å². The first kappa shape index (κ1) is 30.8.